The Hall–Kier alpha value is -1.36. The predicted molar refractivity (Wildman–Crippen MR) is 76.6 cm³/mol. The normalized spacial score (nSPS) is 19.0. The van der Waals surface area contributed by atoms with Crippen LogP contribution in [0.2, 0.25) is 0 Å². The van der Waals surface area contributed by atoms with Gasteiger partial charge in [-0.05, 0) is 25.7 Å². The van der Waals surface area contributed by atoms with Gasteiger partial charge in [0.15, 0.2) is 5.65 Å². The van der Waals surface area contributed by atoms with Crippen LogP contribution < -0.4 is 4.90 Å². The van der Waals surface area contributed by atoms with Gasteiger partial charge in [-0.25, -0.2) is 9.97 Å². The van der Waals surface area contributed by atoms with Crippen LogP contribution in [0.3, 0.4) is 0 Å². The molecule has 0 bridgehead atoms. The minimum absolute atomic E-state index is 0.256. The van der Waals surface area contributed by atoms with E-state index in [1.807, 2.05) is 13.2 Å². The highest BCUT2D eigenvalue weighted by molar-refractivity contribution is 6.20. The van der Waals surface area contributed by atoms with E-state index in [0.29, 0.717) is 5.92 Å². The van der Waals surface area contributed by atoms with Crippen LogP contribution in [0.15, 0.2) is 12.5 Å². The predicted octanol–water partition coefficient (Wildman–Crippen LogP) is 2.21. The Kier molecular flexibility index (Phi) is 3.31. The molecule has 0 N–H and O–H groups in total. The first-order chi connectivity index (χ1) is 9.16. The van der Waals surface area contributed by atoms with E-state index in [2.05, 4.69) is 26.9 Å². The lowest BCUT2D eigenvalue weighted by atomic mass is 9.94. The van der Waals surface area contributed by atoms with Crippen molar-refractivity contribution in [1.82, 2.24) is 19.7 Å². The zero-order valence-electron chi connectivity index (χ0n) is 11.3. The average Bonchev–Trinajstić information content (AvgIpc) is 2.81. The summed E-state index contributed by atoms with van der Waals surface area (Å²) in [6.07, 6.45) is 5.71. The molecule has 5 nitrogen and oxygen atoms in total. The monoisotopic (exact) mass is 279 g/mol. The SMILES string of the molecule is CC(Cl)C1CCN(c2ncnc3c2cnn3C)CC1. The summed E-state index contributed by atoms with van der Waals surface area (Å²) in [6.45, 7) is 4.09. The van der Waals surface area contributed by atoms with Crippen molar-refractivity contribution in [3.05, 3.63) is 12.5 Å². The molecule has 2 aromatic rings. The van der Waals surface area contributed by atoms with Gasteiger partial charge < -0.3 is 4.90 Å². The van der Waals surface area contributed by atoms with Gasteiger partial charge in [0.25, 0.3) is 0 Å². The fourth-order valence-electron chi connectivity index (χ4n) is 2.77. The lowest BCUT2D eigenvalue weighted by Crippen LogP contribution is -2.36. The van der Waals surface area contributed by atoms with Crippen LogP contribution >= 0.6 is 11.6 Å². The van der Waals surface area contributed by atoms with E-state index in [1.54, 1.807) is 11.0 Å². The lowest BCUT2D eigenvalue weighted by Gasteiger charge is -2.34. The van der Waals surface area contributed by atoms with E-state index >= 15 is 0 Å². The summed E-state index contributed by atoms with van der Waals surface area (Å²) in [5.74, 6) is 1.61. The van der Waals surface area contributed by atoms with Crippen LogP contribution in [0.5, 0.6) is 0 Å². The number of fused-ring (bicyclic) bond motifs is 1. The molecule has 19 heavy (non-hydrogen) atoms. The highest BCUT2D eigenvalue weighted by Crippen LogP contribution is 2.29. The number of aryl methyl sites for hydroxylation is 1. The number of piperidine rings is 1. The Bertz CT molecular complexity index is 571. The number of alkyl halides is 1. The van der Waals surface area contributed by atoms with Crippen LogP contribution in [0.4, 0.5) is 5.82 Å². The molecule has 3 heterocycles. The van der Waals surface area contributed by atoms with Gasteiger partial charge in [0, 0.05) is 25.5 Å². The molecule has 0 amide bonds. The standard InChI is InChI=1S/C13H18ClN5/c1-9(14)10-3-5-19(6-4-10)13-11-7-17-18(2)12(11)15-8-16-13/h7-10H,3-6H2,1-2H3. The third-order valence-corrected chi connectivity index (χ3v) is 4.35. The minimum atomic E-state index is 0.256. The number of aromatic nitrogens is 4. The van der Waals surface area contributed by atoms with Crippen molar-refractivity contribution in [2.75, 3.05) is 18.0 Å². The number of anilines is 1. The van der Waals surface area contributed by atoms with Gasteiger partial charge >= 0.3 is 0 Å². The lowest BCUT2D eigenvalue weighted by molar-refractivity contribution is 0.399. The Labute approximate surface area is 117 Å². The highest BCUT2D eigenvalue weighted by atomic mass is 35.5. The van der Waals surface area contributed by atoms with Crippen molar-refractivity contribution in [3.8, 4) is 0 Å². The first-order valence-electron chi connectivity index (χ1n) is 6.68. The Morgan fingerprint density at radius 1 is 1.32 bits per heavy atom. The topological polar surface area (TPSA) is 46.8 Å². The first kappa shape index (κ1) is 12.7. The number of hydrogen-bond donors (Lipinski definition) is 0. The van der Waals surface area contributed by atoms with Crippen molar-refractivity contribution in [2.24, 2.45) is 13.0 Å². The quantitative estimate of drug-likeness (QED) is 0.791. The summed E-state index contributed by atoms with van der Waals surface area (Å²) in [4.78, 5) is 11.0. The van der Waals surface area contributed by atoms with Crippen molar-refractivity contribution in [1.29, 1.82) is 0 Å². The van der Waals surface area contributed by atoms with Crippen LogP contribution in [0.25, 0.3) is 11.0 Å². The number of hydrogen-bond acceptors (Lipinski definition) is 4. The van der Waals surface area contributed by atoms with Crippen molar-refractivity contribution >= 4 is 28.5 Å². The molecular formula is C13H18ClN5. The van der Waals surface area contributed by atoms with Gasteiger partial charge in [0.2, 0.25) is 0 Å². The second-order valence-electron chi connectivity index (χ2n) is 5.20. The summed E-state index contributed by atoms with van der Waals surface area (Å²) in [5.41, 5.74) is 0.887. The average molecular weight is 280 g/mol. The highest BCUT2D eigenvalue weighted by Gasteiger charge is 2.24. The van der Waals surface area contributed by atoms with E-state index in [1.165, 1.54) is 0 Å². The van der Waals surface area contributed by atoms with Gasteiger partial charge in [-0.2, -0.15) is 5.10 Å². The molecule has 0 aromatic carbocycles. The fourth-order valence-corrected chi connectivity index (χ4v) is 3.02. The molecule has 0 aliphatic carbocycles. The molecule has 0 spiro atoms. The van der Waals surface area contributed by atoms with Crippen molar-refractivity contribution in [3.63, 3.8) is 0 Å². The first-order valence-corrected chi connectivity index (χ1v) is 7.12. The van der Waals surface area contributed by atoms with Crippen LogP contribution in [-0.2, 0) is 7.05 Å². The molecule has 0 radical (unpaired) electrons. The Morgan fingerprint density at radius 2 is 2.05 bits per heavy atom. The van der Waals surface area contributed by atoms with Crippen LogP contribution in [-0.4, -0.2) is 38.2 Å². The largest absolute Gasteiger partial charge is 0.356 e. The number of halogens is 1. The van der Waals surface area contributed by atoms with Crippen LogP contribution in [0.1, 0.15) is 19.8 Å². The molecule has 6 heteroatoms. The molecule has 2 aromatic heterocycles. The number of nitrogens with zero attached hydrogens (tertiary/aromatic N) is 5. The van der Waals surface area contributed by atoms with Gasteiger partial charge in [-0.1, -0.05) is 0 Å². The smallest absolute Gasteiger partial charge is 0.163 e. The molecule has 1 atom stereocenters. The van der Waals surface area contributed by atoms with Crippen molar-refractivity contribution < 1.29 is 0 Å². The molecule has 102 valence electrons. The number of rotatable bonds is 2. The van der Waals surface area contributed by atoms with E-state index in [4.69, 9.17) is 11.6 Å². The van der Waals surface area contributed by atoms with E-state index in [0.717, 1.165) is 42.8 Å². The summed E-state index contributed by atoms with van der Waals surface area (Å²) < 4.78 is 1.79. The van der Waals surface area contributed by atoms with E-state index in [9.17, 15) is 0 Å². The zero-order valence-corrected chi connectivity index (χ0v) is 12.0. The van der Waals surface area contributed by atoms with Gasteiger partial charge in [0.1, 0.15) is 12.1 Å². The summed E-state index contributed by atoms with van der Waals surface area (Å²) >= 11 is 6.19. The molecule has 3 rings (SSSR count). The molecule has 1 aliphatic heterocycles. The van der Waals surface area contributed by atoms with E-state index in [-0.39, 0.29) is 5.38 Å². The molecule has 0 saturated carbocycles. The van der Waals surface area contributed by atoms with Gasteiger partial charge in [-0.3, -0.25) is 4.68 Å². The maximum Gasteiger partial charge on any atom is 0.163 e. The fraction of sp³-hybridized carbons (Fsp3) is 0.615. The van der Waals surface area contributed by atoms with Gasteiger partial charge in [0.05, 0.1) is 11.6 Å². The molecule has 1 aliphatic rings. The Balaban J connectivity index is 1.86. The molecule has 1 saturated heterocycles. The Morgan fingerprint density at radius 3 is 2.74 bits per heavy atom. The molecule has 1 unspecified atom stereocenters. The second kappa shape index (κ2) is 4.96. The van der Waals surface area contributed by atoms with Crippen molar-refractivity contribution in [2.45, 2.75) is 25.1 Å². The third kappa shape index (κ3) is 2.27. The van der Waals surface area contributed by atoms with E-state index < -0.39 is 0 Å². The summed E-state index contributed by atoms with van der Waals surface area (Å²) in [7, 11) is 1.90. The maximum absolute atomic E-state index is 6.19. The van der Waals surface area contributed by atoms with Crippen LogP contribution in [0, 0.1) is 5.92 Å². The molecule has 1 fully saturated rings. The summed E-state index contributed by atoms with van der Waals surface area (Å²) in [5, 5.41) is 5.55. The molecular weight excluding hydrogens is 262 g/mol. The van der Waals surface area contributed by atoms with Gasteiger partial charge in [-0.15, -0.1) is 11.6 Å². The third-order valence-electron chi connectivity index (χ3n) is 4.00. The summed E-state index contributed by atoms with van der Waals surface area (Å²) in [6, 6.07) is 0. The second-order valence-corrected chi connectivity index (χ2v) is 5.89. The maximum atomic E-state index is 6.19. The minimum Gasteiger partial charge on any atom is -0.356 e. The zero-order chi connectivity index (χ0) is 13.4.